The Bertz CT molecular complexity index is 574. The smallest absolute Gasteiger partial charge is 0.146 e. The molecular weight excluding hydrogens is 265 g/mol. The van der Waals surface area contributed by atoms with Gasteiger partial charge in [-0.3, -0.25) is 0 Å². The maximum Gasteiger partial charge on any atom is 0.146 e. The van der Waals surface area contributed by atoms with E-state index in [0.29, 0.717) is 16.5 Å². The Morgan fingerprint density at radius 1 is 1.21 bits per heavy atom. The topological polar surface area (TPSA) is 21.3 Å². The highest BCUT2D eigenvalue weighted by Crippen LogP contribution is 2.31. The van der Waals surface area contributed by atoms with E-state index < -0.39 is 0 Å². The number of hydrogen-bond acceptors (Lipinski definition) is 2. The maximum absolute atomic E-state index is 13.1. The van der Waals surface area contributed by atoms with Crippen LogP contribution in [0.1, 0.15) is 18.5 Å². The van der Waals surface area contributed by atoms with Gasteiger partial charge in [-0.25, -0.2) is 4.39 Å². The highest BCUT2D eigenvalue weighted by Gasteiger charge is 2.08. The Hall–Kier alpha value is -1.58. The summed E-state index contributed by atoms with van der Waals surface area (Å²) in [6, 6.07) is 11.7. The van der Waals surface area contributed by atoms with Crippen LogP contribution in [0.3, 0.4) is 0 Å². The second-order valence-corrected chi connectivity index (χ2v) is 4.67. The van der Waals surface area contributed by atoms with Gasteiger partial charge >= 0.3 is 0 Å². The summed E-state index contributed by atoms with van der Waals surface area (Å²) >= 11 is 6.17. The fraction of sp³-hybridized carbons (Fsp3) is 0.200. The Balaban J connectivity index is 2.22. The molecule has 1 unspecified atom stereocenters. The van der Waals surface area contributed by atoms with Crippen molar-refractivity contribution in [1.29, 1.82) is 0 Å². The predicted octanol–water partition coefficient (Wildman–Crippen LogP) is 4.55. The summed E-state index contributed by atoms with van der Waals surface area (Å²) < 4.78 is 18.6. The molecule has 0 aromatic heterocycles. The summed E-state index contributed by atoms with van der Waals surface area (Å²) in [5.74, 6) is 0.602. The molecule has 2 aromatic carbocycles. The second kappa shape index (κ2) is 6.04. The summed E-state index contributed by atoms with van der Waals surface area (Å²) in [5.41, 5.74) is 1.07. The third-order valence-electron chi connectivity index (χ3n) is 2.91. The van der Waals surface area contributed by atoms with E-state index in [9.17, 15) is 4.39 Å². The molecule has 2 rings (SSSR count). The highest BCUT2D eigenvalue weighted by molar-refractivity contribution is 6.32. The van der Waals surface area contributed by atoms with Crippen LogP contribution in [-0.2, 0) is 0 Å². The zero-order chi connectivity index (χ0) is 13.8. The van der Waals surface area contributed by atoms with Crippen molar-refractivity contribution in [2.24, 2.45) is 0 Å². The standard InChI is InChI=1S/C15H15ClFNO/c1-10(18-2)11-6-7-15(14(16)8-11)19-13-5-3-4-12(17)9-13/h3-10,18H,1-2H3. The van der Waals surface area contributed by atoms with E-state index in [2.05, 4.69) is 5.32 Å². The van der Waals surface area contributed by atoms with Gasteiger partial charge in [-0.15, -0.1) is 0 Å². The number of ether oxygens (including phenoxy) is 1. The molecule has 1 atom stereocenters. The minimum Gasteiger partial charge on any atom is -0.456 e. The molecule has 0 saturated carbocycles. The Labute approximate surface area is 117 Å². The van der Waals surface area contributed by atoms with Gasteiger partial charge in [-0.05, 0) is 43.8 Å². The van der Waals surface area contributed by atoms with Gasteiger partial charge < -0.3 is 10.1 Å². The minimum absolute atomic E-state index is 0.209. The number of nitrogens with one attached hydrogen (secondary N) is 1. The molecule has 19 heavy (non-hydrogen) atoms. The molecular formula is C15H15ClFNO. The van der Waals surface area contributed by atoms with Crippen molar-refractivity contribution >= 4 is 11.6 Å². The molecule has 2 aromatic rings. The molecule has 0 aliphatic heterocycles. The lowest BCUT2D eigenvalue weighted by Gasteiger charge is -2.13. The molecule has 0 heterocycles. The summed E-state index contributed by atoms with van der Waals surface area (Å²) in [7, 11) is 1.88. The molecule has 0 spiro atoms. The number of halogens is 2. The molecule has 0 bridgehead atoms. The van der Waals surface area contributed by atoms with E-state index in [1.165, 1.54) is 12.1 Å². The fourth-order valence-electron chi connectivity index (χ4n) is 1.69. The van der Waals surface area contributed by atoms with Crippen molar-refractivity contribution < 1.29 is 9.13 Å². The summed E-state index contributed by atoms with van der Waals surface area (Å²) in [4.78, 5) is 0. The van der Waals surface area contributed by atoms with Gasteiger partial charge in [0.1, 0.15) is 17.3 Å². The van der Waals surface area contributed by atoms with Crippen LogP contribution in [0.15, 0.2) is 42.5 Å². The normalized spacial score (nSPS) is 12.2. The third-order valence-corrected chi connectivity index (χ3v) is 3.21. The van der Waals surface area contributed by atoms with Crippen LogP contribution in [0.5, 0.6) is 11.5 Å². The largest absolute Gasteiger partial charge is 0.456 e. The van der Waals surface area contributed by atoms with Crippen LogP contribution in [-0.4, -0.2) is 7.05 Å². The van der Waals surface area contributed by atoms with Gasteiger partial charge in [0.15, 0.2) is 0 Å². The lowest BCUT2D eigenvalue weighted by Crippen LogP contribution is -2.12. The first kappa shape index (κ1) is 13.8. The molecule has 1 N–H and O–H groups in total. The molecule has 0 saturated heterocycles. The highest BCUT2D eigenvalue weighted by atomic mass is 35.5. The van der Waals surface area contributed by atoms with Crippen LogP contribution < -0.4 is 10.1 Å². The summed E-state index contributed by atoms with van der Waals surface area (Å²) in [6.07, 6.45) is 0. The molecule has 4 heteroatoms. The van der Waals surface area contributed by atoms with E-state index in [0.717, 1.165) is 5.56 Å². The molecule has 0 amide bonds. The van der Waals surface area contributed by atoms with E-state index in [1.807, 2.05) is 26.1 Å². The number of rotatable bonds is 4. The van der Waals surface area contributed by atoms with Crippen LogP contribution in [0.2, 0.25) is 5.02 Å². The Morgan fingerprint density at radius 2 is 2.00 bits per heavy atom. The SMILES string of the molecule is CNC(C)c1ccc(Oc2cccc(F)c2)c(Cl)c1. The zero-order valence-electron chi connectivity index (χ0n) is 10.8. The van der Waals surface area contributed by atoms with Crippen molar-refractivity contribution in [3.05, 3.63) is 58.9 Å². The van der Waals surface area contributed by atoms with Crippen molar-refractivity contribution in [2.75, 3.05) is 7.05 Å². The van der Waals surface area contributed by atoms with Gasteiger partial charge in [0.05, 0.1) is 5.02 Å². The van der Waals surface area contributed by atoms with Crippen molar-refractivity contribution in [1.82, 2.24) is 5.32 Å². The maximum atomic E-state index is 13.1. The summed E-state index contributed by atoms with van der Waals surface area (Å²) in [5, 5.41) is 3.64. The summed E-state index contributed by atoms with van der Waals surface area (Å²) in [6.45, 7) is 2.04. The van der Waals surface area contributed by atoms with Crippen LogP contribution in [0, 0.1) is 5.82 Å². The number of hydrogen-bond donors (Lipinski definition) is 1. The second-order valence-electron chi connectivity index (χ2n) is 4.26. The molecule has 100 valence electrons. The molecule has 2 nitrogen and oxygen atoms in total. The van der Waals surface area contributed by atoms with Crippen LogP contribution in [0.4, 0.5) is 4.39 Å². The first-order chi connectivity index (χ1) is 9.10. The van der Waals surface area contributed by atoms with Gasteiger partial charge in [0.2, 0.25) is 0 Å². The monoisotopic (exact) mass is 279 g/mol. The lowest BCUT2D eigenvalue weighted by molar-refractivity contribution is 0.476. The minimum atomic E-state index is -0.339. The van der Waals surface area contributed by atoms with E-state index in [-0.39, 0.29) is 11.9 Å². The first-order valence-corrected chi connectivity index (χ1v) is 6.38. The fourth-order valence-corrected chi connectivity index (χ4v) is 1.92. The van der Waals surface area contributed by atoms with Crippen molar-refractivity contribution in [3.8, 4) is 11.5 Å². The lowest BCUT2D eigenvalue weighted by atomic mass is 10.1. The number of benzene rings is 2. The van der Waals surface area contributed by atoms with E-state index in [1.54, 1.807) is 18.2 Å². The average Bonchev–Trinajstić information content (AvgIpc) is 2.40. The van der Waals surface area contributed by atoms with Crippen LogP contribution >= 0.6 is 11.6 Å². The zero-order valence-corrected chi connectivity index (χ0v) is 11.5. The van der Waals surface area contributed by atoms with Crippen molar-refractivity contribution in [3.63, 3.8) is 0 Å². The Morgan fingerprint density at radius 3 is 2.63 bits per heavy atom. The molecule has 0 radical (unpaired) electrons. The predicted molar refractivity (Wildman–Crippen MR) is 75.4 cm³/mol. The molecule has 0 aliphatic rings. The van der Waals surface area contributed by atoms with E-state index in [4.69, 9.17) is 16.3 Å². The van der Waals surface area contributed by atoms with Gasteiger partial charge in [0, 0.05) is 12.1 Å². The quantitative estimate of drug-likeness (QED) is 0.886. The first-order valence-electron chi connectivity index (χ1n) is 6.00. The average molecular weight is 280 g/mol. The third kappa shape index (κ3) is 3.46. The van der Waals surface area contributed by atoms with Crippen molar-refractivity contribution in [2.45, 2.75) is 13.0 Å². The van der Waals surface area contributed by atoms with Gasteiger partial charge in [-0.2, -0.15) is 0 Å². The Kier molecular flexibility index (Phi) is 4.40. The van der Waals surface area contributed by atoms with Gasteiger partial charge in [0.25, 0.3) is 0 Å². The van der Waals surface area contributed by atoms with Crippen LogP contribution in [0.25, 0.3) is 0 Å². The van der Waals surface area contributed by atoms with E-state index >= 15 is 0 Å². The van der Waals surface area contributed by atoms with Gasteiger partial charge in [-0.1, -0.05) is 23.7 Å². The molecule has 0 aliphatic carbocycles. The molecule has 0 fully saturated rings.